The summed E-state index contributed by atoms with van der Waals surface area (Å²) in [7, 11) is 3.41. The van der Waals surface area contributed by atoms with Crippen LogP contribution in [0.15, 0.2) is 109 Å². The van der Waals surface area contributed by atoms with Gasteiger partial charge in [0, 0.05) is 53.9 Å². The lowest BCUT2D eigenvalue weighted by atomic mass is 9.61. The Labute approximate surface area is 526 Å². The third-order valence-corrected chi connectivity index (χ3v) is 25.3. The maximum Gasteiger partial charge on any atom is 0.333 e. The number of carbonyl (C=O) groups is 5. The van der Waals surface area contributed by atoms with E-state index < -0.39 is 11.2 Å². The first-order valence-corrected chi connectivity index (χ1v) is 33.4. The van der Waals surface area contributed by atoms with Crippen molar-refractivity contribution in [2.24, 2.45) is 99.1 Å². The van der Waals surface area contributed by atoms with Crippen molar-refractivity contribution >= 4 is 29.8 Å². The molecule has 22 unspecified atom stereocenters. The van der Waals surface area contributed by atoms with Gasteiger partial charge in [0.2, 0.25) is 0 Å². The third-order valence-electron chi connectivity index (χ3n) is 25.3. The van der Waals surface area contributed by atoms with E-state index in [1.54, 1.807) is 48.8 Å². The molecule has 0 aromatic carbocycles. The van der Waals surface area contributed by atoms with Crippen molar-refractivity contribution in [1.29, 1.82) is 0 Å². The zero-order valence-electron chi connectivity index (χ0n) is 55.6. The molecule has 22 atom stereocenters. The summed E-state index contributed by atoms with van der Waals surface area (Å²) in [4.78, 5) is 58.6. The molecule has 12 heteroatoms. The Morgan fingerprint density at radius 1 is 0.420 bits per heavy atom. The van der Waals surface area contributed by atoms with Crippen molar-refractivity contribution in [1.82, 2.24) is 0 Å². The molecule has 0 saturated heterocycles. The van der Waals surface area contributed by atoms with Gasteiger partial charge in [-0.3, -0.25) is 0 Å². The minimum absolute atomic E-state index is 0.155. The minimum atomic E-state index is -0.460. The van der Waals surface area contributed by atoms with E-state index in [-0.39, 0.29) is 58.0 Å². The Morgan fingerprint density at radius 2 is 0.932 bits per heavy atom. The van der Waals surface area contributed by atoms with Crippen LogP contribution in [0.2, 0.25) is 0 Å². The van der Waals surface area contributed by atoms with Gasteiger partial charge in [-0.25, -0.2) is 24.0 Å². The molecule has 0 radical (unpaired) electrons. The van der Waals surface area contributed by atoms with Crippen LogP contribution in [0.4, 0.5) is 0 Å². The zero-order valence-corrected chi connectivity index (χ0v) is 55.6. The minimum Gasteiger partial charge on any atom is -0.456 e. The van der Waals surface area contributed by atoms with Crippen molar-refractivity contribution in [3.63, 3.8) is 0 Å². The number of carbonyl (C=O) groups excluding carboxylic acids is 5. The van der Waals surface area contributed by atoms with Gasteiger partial charge in [-0.05, 0) is 254 Å². The maximum absolute atomic E-state index is 11.9. The van der Waals surface area contributed by atoms with Gasteiger partial charge in [0.1, 0.15) is 28.0 Å². The molecule has 0 heterocycles. The second kappa shape index (κ2) is 24.2. The standard InChI is InChI=1S/C18H26O2.C18H24O2.2C14H20O3.C12H16O2/c2*1-11(2)16(19)20-17(3)9-15-7-14(17)10-18(15)8-12-4-5-13(18)6-12;1-10(2)12(15)17-13(3)7-11-5-6-14(13,8-11)9-16-4;1-9(2)13(15)17-14(3)7-10-5-6-12(14)11(10)8-16-4;1-8(2)11(13)14-12(3)7-9-4-5-10(12)6-9/h12-15H,1,4-10H2,2-3H3;4-5,12-15H,1,6-10H2,2-3H3;5-6,11H,1,7-9H2,2-4H3;5-6,10-12H,1,7-8H2,2-4H3;4-5,9-10H,1,6-7H2,2-3H3. The molecule has 14 aliphatic rings. The van der Waals surface area contributed by atoms with Crippen LogP contribution in [0, 0.1) is 99.1 Å². The normalized spacial score (nSPS) is 44.4. The van der Waals surface area contributed by atoms with Gasteiger partial charge in [0.15, 0.2) is 0 Å². The summed E-state index contributed by atoms with van der Waals surface area (Å²) in [5.74, 6) is 7.86. The number of rotatable bonds is 14. The SMILES string of the molecule is C=C(C)C(=O)OC1(C)CC2C=CC1(COC)C2.C=C(C)C(=O)OC1(C)CC2C=CC1C2.C=C(C)C(=O)OC1(C)CC2C=CC1C2COC.C=C(C)C(=O)OC1(C)CC2CC1CC21CC2C=CC1C2.C=C(C)C(=O)OC1(C)CC2CC1CC21CC2CCC1C2. The molecule has 0 N–H and O–H groups in total. The van der Waals surface area contributed by atoms with Gasteiger partial charge in [-0.2, -0.15) is 0 Å². The summed E-state index contributed by atoms with van der Waals surface area (Å²) in [6.07, 6.45) is 39.0. The van der Waals surface area contributed by atoms with Crippen molar-refractivity contribution < 1.29 is 57.1 Å². The fourth-order valence-electron chi connectivity index (χ4n) is 20.9. The topological polar surface area (TPSA) is 150 Å². The molecule has 0 aliphatic heterocycles. The van der Waals surface area contributed by atoms with Gasteiger partial charge < -0.3 is 33.2 Å². The number of methoxy groups -OCH3 is 2. The number of esters is 5. The highest BCUT2D eigenvalue weighted by Gasteiger charge is 2.68. The van der Waals surface area contributed by atoms with Gasteiger partial charge in [-0.15, -0.1) is 0 Å². The third kappa shape index (κ3) is 12.0. The Balaban J connectivity index is 0.000000122. The van der Waals surface area contributed by atoms with Crippen molar-refractivity contribution in [3.05, 3.63) is 109 Å². The summed E-state index contributed by atoms with van der Waals surface area (Å²) in [5, 5.41) is 0. The van der Waals surface area contributed by atoms with Crippen LogP contribution < -0.4 is 0 Å². The second-order valence-corrected chi connectivity index (χ2v) is 31.8. The fraction of sp³-hybridized carbons (Fsp3) is 0.697. The summed E-state index contributed by atoms with van der Waals surface area (Å²) in [6.45, 7) is 38.5. The average Bonchev–Trinajstić information content (AvgIpc) is 1.62. The van der Waals surface area contributed by atoms with E-state index >= 15 is 0 Å². The lowest BCUT2D eigenvalue weighted by Gasteiger charge is -2.46. The first kappa shape index (κ1) is 65.9. The molecule has 10 saturated carbocycles. The Bertz CT molecular complexity index is 2980. The van der Waals surface area contributed by atoms with Crippen molar-refractivity contribution in [2.45, 2.75) is 206 Å². The molecule has 2 spiro atoms. The van der Waals surface area contributed by atoms with E-state index in [4.69, 9.17) is 33.2 Å². The van der Waals surface area contributed by atoms with Gasteiger partial charge in [-0.1, -0.05) is 87.9 Å². The largest absolute Gasteiger partial charge is 0.456 e. The number of allylic oxidation sites excluding steroid dienone is 5. The van der Waals surface area contributed by atoms with E-state index in [9.17, 15) is 24.0 Å². The van der Waals surface area contributed by atoms with E-state index in [0.29, 0.717) is 86.7 Å². The molecule has 0 aromatic heterocycles. The summed E-state index contributed by atoms with van der Waals surface area (Å²) < 4.78 is 39.0. The van der Waals surface area contributed by atoms with E-state index in [1.807, 2.05) is 20.8 Å². The molecular formula is C76H106O12. The van der Waals surface area contributed by atoms with Crippen LogP contribution >= 0.6 is 0 Å². The van der Waals surface area contributed by atoms with Crippen LogP contribution in [0.3, 0.4) is 0 Å². The van der Waals surface area contributed by atoms with Gasteiger partial charge in [0.25, 0.3) is 0 Å². The highest BCUT2D eigenvalue weighted by atomic mass is 16.6. The lowest BCUT2D eigenvalue weighted by molar-refractivity contribution is -0.165. The molecule has 0 aromatic rings. The van der Waals surface area contributed by atoms with Crippen LogP contribution in [-0.2, 0) is 57.1 Å². The monoisotopic (exact) mass is 1210 g/mol. The second-order valence-electron chi connectivity index (χ2n) is 31.8. The highest BCUT2D eigenvalue weighted by Crippen LogP contribution is 2.73. The highest BCUT2D eigenvalue weighted by molar-refractivity contribution is 5.89. The molecular weight excluding hydrogens is 1100 g/mol. The first-order valence-electron chi connectivity index (χ1n) is 33.4. The number of fused-ring (bicyclic) bond motifs is 18. The van der Waals surface area contributed by atoms with Crippen LogP contribution in [0.5, 0.6) is 0 Å². The molecule has 12 nitrogen and oxygen atoms in total. The van der Waals surface area contributed by atoms with E-state index in [0.717, 1.165) is 87.1 Å². The number of ether oxygens (including phenoxy) is 7. The van der Waals surface area contributed by atoms with Crippen molar-refractivity contribution in [3.8, 4) is 0 Å². The molecule has 14 rings (SSSR count). The summed E-state index contributed by atoms with van der Waals surface area (Å²) in [5.41, 5.74) is 1.90. The van der Waals surface area contributed by atoms with Gasteiger partial charge in [0.05, 0.1) is 18.6 Å². The predicted octanol–water partition coefficient (Wildman–Crippen LogP) is 15.2. The summed E-state index contributed by atoms with van der Waals surface area (Å²) in [6, 6.07) is 0. The first-order chi connectivity index (χ1) is 41.3. The molecule has 14 aliphatic carbocycles. The van der Waals surface area contributed by atoms with E-state index in [1.165, 1.54) is 64.2 Å². The predicted molar refractivity (Wildman–Crippen MR) is 342 cm³/mol. The number of hydrogen-bond donors (Lipinski definition) is 0. The molecule has 10 fully saturated rings. The van der Waals surface area contributed by atoms with Crippen LogP contribution in [0.1, 0.15) is 178 Å². The van der Waals surface area contributed by atoms with Crippen molar-refractivity contribution in [2.75, 3.05) is 27.4 Å². The lowest BCUT2D eigenvalue weighted by Crippen LogP contribution is -2.47. The molecule has 0 amide bonds. The smallest absolute Gasteiger partial charge is 0.333 e. The van der Waals surface area contributed by atoms with E-state index in [2.05, 4.69) is 95.4 Å². The molecule has 88 heavy (non-hydrogen) atoms. The fourth-order valence-corrected chi connectivity index (χ4v) is 20.9. The Kier molecular flexibility index (Phi) is 18.1. The Hall–Kier alpha value is -5.07. The van der Waals surface area contributed by atoms with Crippen LogP contribution in [-0.4, -0.2) is 85.3 Å². The van der Waals surface area contributed by atoms with Gasteiger partial charge >= 0.3 is 29.8 Å². The Morgan fingerprint density at radius 3 is 1.35 bits per heavy atom. The summed E-state index contributed by atoms with van der Waals surface area (Å²) >= 11 is 0. The molecule has 14 bridgehead atoms. The quantitative estimate of drug-likeness (QED) is 0.0705. The average molecular weight is 1210 g/mol. The number of hydrogen-bond acceptors (Lipinski definition) is 12. The maximum atomic E-state index is 11.9. The molecule has 482 valence electrons. The zero-order chi connectivity index (χ0) is 63.9. The van der Waals surface area contributed by atoms with Crippen LogP contribution in [0.25, 0.3) is 0 Å².